The fraction of sp³-hybridized carbons (Fsp3) is 0.111. The van der Waals surface area contributed by atoms with Crippen molar-refractivity contribution in [1.29, 1.82) is 0 Å². The van der Waals surface area contributed by atoms with E-state index in [-0.39, 0.29) is 5.56 Å². The van der Waals surface area contributed by atoms with Crippen molar-refractivity contribution < 1.29 is 0 Å². The van der Waals surface area contributed by atoms with Gasteiger partial charge in [0.1, 0.15) is 0 Å². The van der Waals surface area contributed by atoms with Crippen molar-refractivity contribution in [2.24, 2.45) is 12.0 Å². The summed E-state index contributed by atoms with van der Waals surface area (Å²) >= 11 is 3.48. The van der Waals surface area contributed by atoms with Crippen LogP contribution in [0.2, 0.25) is 0 Å². The Kier molecular flexibility index (Phi) is 4.30. The third-order valence-corrected chi connectivity index (χ3v) is 4.48. The van der Waals surface area contributed by atoms with Crippen LogP contribution in [-0.2, 0) is 7.05 Å². The van der Waals surface area contributed by atoms with Gasteiger partial charge in [-0.3, -0.25) is 9.48 Å². The summed E-state index contributed by atoms with van der Waals surface area (Å²) in [7, 11) is 1.86. The lowest BCUT2D eigenvalue weighted by molar-refractivity contribution is 0.630. The Labute approximate surface area is 142 Å². The standard InChI is InChI=1S/C18H16BrN3O/c1-13-17(20-12-14-8-6-7-11-16(14)19)18(23)22(21(13)2)15-9-4-3-5-10-15/h3-12H,1-2H3. The zero-order chi connectivity index (χ0) is 16.4. The second-order valence-electron chi connectivity index (χ2n) is 5.19. The number of aromatic nitrogens is 2. The average molecular weight is 370 g/mol. The molecule has 0 saturated carbocycles. The number of nitrogens with zero attached hydrogens (tertiary/aromatic N) is 3. The maximum Gasteiger partial charge on any atom is 0.297 e. The van der Waals surface area contributed by atoms with Crippen molar-refractivity contribution in [1.82, 2.24) is 9.36 Å². The summed E-state index contributed by atoms with van der Waals surface area (Å²) < 4.78 is 4.40. The van der Waals surface area contributed by atoms with Crippen LogP contribution in [0.3, 0.4) is 0 Å². The summed E-state index contributed by atoms with van der Waals surface area (Å²) in [5.74, 6) is 0. The van der Waals surface area contributed by atoms with Gasteiger partial charge in [-0.05, 0) is 25.1 Å². The Morgan fingerprint density at radius 3 is 2.39 bits per heavy atom. The van der Waals surface area contributed by atoms with Crippen molar-refractivity contribution in [2.45, 2.75) is 6.92 Å². The molecule has 0 radical (unpaired) electrons. The monoisotopic (exact) mass is 369 g/mol. The molecule has 23 heavy (non-hydrogen) atoms. The van der Waals surface area contributed by atoms with Crippen LogP contribution in [0.25, 0.3) is 5.69 Å². The van der Waals surface area contributed by atoms with Crippen molar-refractivity contribution in [3.63, 3.8) is 0 Å². The van der Waals surface area contributed by atoms with Crippen LogP contribution in [0.4, 0.5) is 5.69 Å². The largest absolute Gasteiger partial charge is 0.297 e. The highest BCUT2D eigenvalue weighted by Crippen LogP contribution is 2.18. The van der Waals surface area contributed by atoms with E-state index in [9.17, 15) is 4.79 Å². The Hall–Kier alpha value is -2.40. The number of para-hydroxylation sites is 1. The summed E-state index contributed by atoms with van der Waals surface area (Å²) in [4.78, 5) is 17.2. The van der Waals surface area contributed by atoms with Gasteiger partial charge in [0.2, 0.25) is 0 Å². The molecule has 0 aliphatic rings. The van der Waals surface area contributed by atoms with Gasteiger partial charge < -0.3 is 0 Å². The smallest absolute Gasteiger partial charge is 0.283 e. The van der Waals surface area contributed by atoms with Crippen molar-refractivity contribution in [3.8, 4) is 5.69 Å². The lowest BCUT2D eigenvalue weighted by Crippen LogP contribution is -2.19. The Balaban J connectivity index is 2.09. The third kappa shape index (κ3) is 2.92. The van der Waals surface area contributed by atoms with Crippen LogP contribution in [-0.4, -0.2) is 15.6 Å². The zero-order valence-corrected chi connectivity index (χ0v) is 14.5. The molecule has 0 saturated heterocycles. The number of benzene rings is 2. The first-order valence-corrected chi connectivity index (χ1v) is 8.01. The highest BCUT2D eigenvalue weighted by molar-refractivity contribution is 9.10. The number of hydrogen-bond acceptors (Lipinski definition) is 2. The lowest BCUT2D eigenvalue weighted by atomic mass is 10.2. The molecule has 116 valence electrons. The molecule has 0 aliphatic carbocycles. The van der Waals surface area contributed by atoms with Crippen LogP contribution in [0.1, 0.15) is 11.3 Å². The number of hydrogen-bond donors (Lipinski definition) is 0. The van der Waals surface area contributed by atoms with Gasteiger partial charge >= 0.3 is 0 Å². The van der Waals surface area contributed by atoms with E-state index in [0.717, 1.165) is 21.4 Å². The highest BCUT2D eigenvalue weighted by atomic mass is 79.9. The molecule has 4 nitrogen and oxygen atoms in total. The molecule has 3 rings (SSSR count). The van der Waals surface area contributed by atoms with Gasteiger partial charge in [0.05, 0.1) is 11.4 Å². The van der Waals surface area contributed by atoms with E-state index in [0.29, 0.717) is 5.69 Å². The van der Waals surface area contributed by atoms with E-state index in [4.69, 9.17) is 0 Å². The lowest BCUT2D eigenvalue weighted by Gasteiger charge is -2.07. The topological polar surface area (TPSA) is 39.3 Å². The van der Waals surface area contributed by atoms with Crippen LogP contribution in [0.5, 0.6) is 0 Å². The third-order valence-electron chi connectivity index (χ3n) is 3.76. The van der Waals surface area contributed by atoms with Crippen molar-refractivity contribution >= 4 is 27.8 Å². The Morgan fingerprint density at radius 1 is 1.04 bits per heavy atom. The predicted molar refractivity (Wildman–Crippen MR) is 97.1 cm³/mol. The van der Waals surface area contributed by atoms with E-state index in [1.54, 1.807) is 10.9 Å². The maximum atomic E-state index is 12.7. The molecular formula is C18H16BrN3O. The minimum atomic E-state index is -0.125. The van der Waals surface area contributed by atoms with Crippen LogP contribution >= 0.6 is 15.9 Å². The molecule has 0 N–H and O–H groups in total. The van der Waals surface area contributed by atoms with Gasteiger partial charge in [0.25, 0.3) is 5.56 Å². The maximum absolute atomic E-state index is 12.7. The molecule has 0 unspecified atom stereocenters. The summed E-state index contributed by atoms with van der Waals surface area (Å²) in [6.45, 7) is 1.90. The van der Waals surface area contributed by atoms with Crippen molar-refractivity contribution in [2.75, 3.05) is 0 Å². The molecule has 3 aromatic rings. The fourth-order valence-electron chi connectivity index (χ4n) is 2.42. The molecular weight excluding hydrogens is 354 g/mol. The number of halogens is 1. The quantitative estimate of drug-likeness (QED) is 0.643. The second-order valence-corrected chi connectivity index (χ2v) is 6.04. The van der Waals surface area contributed by atoms with E-state index >= 15 is 0 Å². The Bertz CT molecular complexity index is 923. The average Bonchev–Trinajstić information content (AvgIpc) is 2.78. The zero-order valence-electron chi connectivity index (χ0n) is 12.9. The molecule has 0 aliphatic heterocycles. The van der Waals surface area contributed by atoms with Gasteiger partial charge in [0.15, 0.2) is 5.69 Å². The summed E-state index contributed by atoms with van der Waals surface area (Å²) in [6.07, 6.45) is 1.71. The van der Waals surface area contributed by atoms with Crippen LogP contribution in [0, 0.1) is 6.92 Å². The number of aliphatic imine (C=N–C) groups is 1. The molecule has 0 atom stereocenters. The van der Waals surface area contributed by atoms with Crippen LogP contribution < -0.4 is 5.56 Å². The summed E-state index contributed by atoms with van der Waals surface area (Å²) in [5, 5.41) is 0. The molecule has 0 spiro atoms. The molecule has 1 heterocycles. The minimum Gasteiger partial charge on any atom is -0.283 e. The number of rotatable bonds is 3. The SMILES string of the molecule is Cc1c(N=Cc2ccccc2Br)c(=O)n(-c2ccccc2)n1C. The van der Waals surface area contributed by atoms with Gasteiger partial charge in [-0.15, -0.1) is 0 Å². The van der Waals surface area contributed by atoms with E-state index in [2.05, 4.69) is 20.9 Å². The van der Waals surface area contributed by atoms with Gasteiger partial charge in [0, 0.05) is 23.3 Å². The van der Waals surface area contributed by atoms with E-state index in [1.165, 1.54) is 0 Å². The first-order chi connectivity index (χ1) is 11.1. The molecule has 2 aromatic carbocycles. The molecule has 1 aromatic heterocycles. The predicted octanol–water partition coefficient (Wildman–Crippen LogP) is 4.00. The second kappa shape index (κ2) is 6.38. The molecule has 0 fully saturated rings. The Morgan fingerprint density at radius 2 is 1.70 bits per heavy atom. The van der Waals surface area contributed by atoms with Crippen molar-refractivity contribution in [3.05, 3.63) is 80.7 Å². The normalized spacial score (nSPS) is 11.3. The molecule has 0 bridgehead atoms. The van der Waals surface area contributed by atoms with Crippen LogP contribution in [0.15, 0.2) is 68.9 Å². The molecule has 0 amide bonds. The molecule has 5 heteroatoms. The van der Waals surface area contributed by atoms with E-state index in [1.807, 2.05) is 73.3 Å². The van der Waals surface area contributed by atoms with Gasteiger partial charge in [-0.1, -0.05) is 52.3 Å². The fourth-order valence-corrected chi connectivity index (χ4v) is 2.80. The van der Waals surface area contributed by atoms with E-state index < -0.39 is 0 Å². The first-order valence-electron chi connectivity index (χ1n) is 7.22. The summed E-state index contributed by atoms with van der Waals surface area (Å²) in [6, 6.07) is 17.3. The first kappa shape index (κ1) is 15.5. The summed E-state index contributed by atoms with van der Waals surface area (Å²) in [5.41, 5.74) is 2.90. The minimum absolute atomic E-state index is 0.125. The van der Waals surface area contributed by atoms with Gasteiger partial charge in [-0.2, -0.15) is 0 Å². The highest BCUT2D eigenvalue weighted by Gasteiger charge is 2.14. The van der Waals surface area contributed by atoms with Gasteiger partial charge in [-0.25, -0.2) is 9.67 Å².